The average molecular weight is 337 g/mol. The van der Waals surface area contributed by atoms with E-state index in [4.69, 9.17) is 5.26 Å². The third-order valence-electron chi connectivity index (χ3n) is 2.51. The summed E-state index contributed by atoms with van der Waals surface area (Å²) in [6.07, 6.45) is 0. The second-order valence-corrected chi connectivity index (χ2v) is 4.40. The van der Waals surface area contributed by atoms with Crippen LogP contribution in [0.3, 0.4) is 0 Å². The summed E-state index contributed by atoms with van der Waals surface area (Å²) in [4.78, 5) is 0. The first-order valence-electron chi connectivity index (χ1n) is 5.09. The van der Waals surface area contributed by atoms with Gasteiger partial charge in [-0.3, -0.25) is 0 Å². The van der Waals surface area contributed by atoms with Crippen molar-refractivity contribution in [2.75, 3.05) is 0 Å². The Balaban J connectivity index is 2.42. The third kappa shape index (κ3) is 2.64. The maximum atomic E-state index is 13.8. The maximum Gasteiger partial charge on any atom is 0.131 e. The van der Waals surface area contributed by atoms with E-state index in [1.807, 2.05) is 12.1 Å². The average Bonchev–Trinajstić information content (AvgIpc) is 2.39. The highest BCUT2D eigenvalue weighted by atomic mass is 127. The van der Waals surface area contributed by atoms with Crippen molar-refractivity contribution in [2.24, 2.45) is 0 Å². The Morgan fingerprint density at radius 1 is 1.12 bits per heavy atom. The van der Waals surface area contributed by atoms with Gasteiger partial charge >= 0.3 is 0 Å². The van der Waals surface area contributed by atoms with E-state index >= 15 is 0 Å². The molecule has 0 aliphatic rings. The number of hydrogen-bond donors (Lipinski definition) is 0. The van der Waals surface area contributed by atoms with Crippen LogP contribution in [0.4, 0.5) is 4.39 Å². The zero-order valence-corrected chi connectivity index (χ0v) is 11.1. The molecule has 0 atom stereocenters. The van der Waals surface area contributed by atoms with Gasteiger partial charge in [0.25, 0.3) is 0 Å². The zero-order chi connectivity index (χ0) is 12.3. The number of nitrogens with zero attached hydrogens (tertiary/aromatic N) is 1. The van der Waals surface area contributed by atoms with Crippen LogP contribution in [0.1, 0.15) is 11.1 Å². The Hall–Kier alpha value is -1.41. The van der Waals surface area contributed by atoms with Crippen LogP contribution in [0.25, 0.3) is 11.1 Å². The van der Waals surface area contributed by atoms with Crippen molar-refractivity contribution in [1.82, 2.24) is 0 Å². The predicted octanol–water partition coefficient (Wildman–Crippen LogP) is 4.30. The molecule has 0 fully saturated rings. The molecular weight excluding hydrogens is 328 g/mol. The lowest BCUT2D eigenvalue weighted by molar-refractivity contribution is 0.630. The second kappa shape index (κ2) is 5.28. The number of alkyl halides is 1. The summed E-state index contributed by atoms with van der Waals surface area (Å²) >= 11 is 2.20. The summed E-state index contributed by atoms with van der Waals surface area (Å²) in [5.41, 5.74) is 2.92. The molecule has 1 nitrogen and oxygen atoms in total. The molecule has 2 aromatic carbocycles. The van der Waals surface area contributed by atoms with E-state index in [1.165, 1.54) is 0 Å². The molecule has 17 heavy (non-hydrogen) atoms. The normalized spacial score (nSPS) is 9.94. The summed E-state index contributed by atoms with van der Waals surface area (Å²) in [6.45, 7) is 0. The van der Waals surface area contributed by atoms with Gasteiger partial charge in [0.05, 0.1) is 11.6 Å². The molecule has 0 aliphatic heterocycles. The first kappa shape index (κ1) is 12.1. The van der Waals surface area contributed by atoms with Crippen molar-refractivity contribution in [3.05, 3.63) is 59.4 Å². The van der Waals surface area contributed by atoms with Crippen molar-refractivity contribution in [2.45, 2.75) is 4.43 Å². The van der Waals surface area contributed by atoms with Gasteiger partial charge < -0.3 is 0 Å². The molecule has 2 aromatic rings. The van der Waals surface area contributed by atoms with Gasteiger partial charge in [-0.1, -0.05) is 46.9 Å². The Morgan fingerprint density at radius 3 is 2.35 bits per heavy atom. The van der Waals surface area contributed by atoms with E-state index in [-0.39, 0.29) is 5.82 Å². The van der Waals surface area contributed by atoms with Crippen LogP contribution in [-0.2, 0) is 4.43 Å². The first-order chi connectivity index (χ1) is 8.24. The van der Waals surface area contributed by atoms with Gasteiger partial charge in [-0.05, 0) is 29.3 Å². The number of hydrogen-bond acceptors (Lipinski definition) is 1. The Morgan fingerprint density at radius 2 is 1.82 bits per heavy atom. The van der Waals surface area contributed by atoms with Gasteiger partial charge in [0, 0.05) is 9.99 Å². The summed E-state index contributed by atoms with van der Waals surface area (Å²) in [5.74, 6) is -0.219. The topological polar surface area (TPSA) is 23.8 Å². The molecule has 0 radical (unpaired) electrons. The lowest BCUT2D eigenvalue weighted by atomic mass is 10.0. The molecule has 0 N–H and O–H groups in total. The van der Waals surface area contributed by atoms with Crippen molar-refractivity contribution >= 4 is 22.6 Å². The summed E-state index contributed by atoms with van der Waals surface area (Å²) < 4.78 is 14.6. The largest absolute Gasteiger partial charge is 0.206 e. The molecule has 0 saturated carbocycles. The van der Waals surface area contributed by atoms with Crippen LogP contribution in [0.2, 0.25) is 0 Å². The predicted molar refractivity (Wildman–Crippen MR) is 74.3 cm³/mol. The fraction of sp³-hybridized carbons (Fsp3) is 0.0714. The van der Waals surface area contributed by atoms with Crippen molar-refractivity contribution < 1.29 is 4.39 Å². The lowest BCUT2D eigenvalue weighted by Gasteiger charge is -2.05. The van der Waals surface area contributed by atoms with E-state index in [0.717, 1.165) is 15.6 Å². The van der Waals surface area contributed by atoms with Crippen molar-refractivity contribution in [3.63, 3.8) is 0 Å². The quantitative estimate of drug-likeness (QED) is 0.592. The van der Waals surface area contributed by atoms with Crippen LogP contribution < -0.4 is 0 Å². The Kier molecular flexibility index (Phi) is 3.75. The van der Waals surface area contributed by atoms with Gasteiger partial charge in [0.2, 0.25) is 0 Å². The molecule has 0 bridgehead atoms. The smallest absolute Gasteiger partial charge is 0.131 e. The second-order valence-electron chi connectivity index (χ2n) is 3.64. The summed E-state index contributed by atoms with van der Waals surface area (Å²) in [6, 6.07) is 14.2. The number of nitriles is 1. The Labute approximate surface area is 113 Å². The highest BCUT2D eigenvalue weighted by molar-refractivity contribution is 14.1. The molecule has 3 heteroatoms. The molecule has 0 spiro atoms. The minimum absolute atomic E-state index is 0.219. The lowest BCUT2D eigenvalue weighted by Crippen LogP contribution is -1.87. The molecule has 0 aliphatic carbocycles. The molecule has 0 heterocycles. The van der Waals surface area contributed by atoms with E-state index in [1.54, 1.807) is 36.4 Å². The molecule has 0 amide bonds. The van der Waals surface area contributed by atoms with E-state index in [9.17, 15) is 4.39 Å². The third-order valence-corrected chi connectivity index (χ3v) is 3.39. The molecular formula is C14H9FIN. The van der Waals surface area contributed by atoms with Crippen LogP contribution in [0.15, 0.2) is 42.5 Å². The molecule has 2 rings (SSSR count). The van der Waals surface area contributed by atoms with Crippen LogP contribution >= 0.6 is 22.6 Å². The van der Waals surface area contributed by atoms with Gasteiger partial charge in [-0.2, -0.15) is 5.26 Å². The van der Waals surface area contributed by atoms with E-state index in [2.05, 4.69) is 22.6 Å². The summed E-state index contributed by atoms with van der Waals surface area (Å²) in [7, 11) is 0. The molecule has 0 saturated heterocycles. The molecule has 0 aromatic heterocycles. The Bertz CT molecular complexity index is 570. The number of halogens is 2. The molecule has 84 valence electrons. The van der Waals surface area contributed by atoms with Crippen molar-refractivity contribution in [1.29, 1.82) is 5.26 Å². The number of benzene rings is 2. The van der Waals surface area contributed by atoms with Crippen LogP contribution in [0, 0.1) is 17.1 Å². The minimum Gasteiger partial charge on any atom is -0.206 e. The van der Waals surface area contributed by atoms with E-state index in [0.29, 0.717) is 11.1 Å². The van der Waals surface area contributed by atoms with Crippen molar-refractivity contribution in [3.8, 4) is 17.2 Å². The highest BCUT2D eigenvalue weighted by Gasteiger charge is 2.05. The van der Waals surface area contributed by atoms with Crippen LogP contribution in [0.5, 0.6) is 0 Å². The van der Waals surface area contributed by atoms with Crippen LogP contribution in [-0.4, -0.2) is 0 Å². The monoisotopic (exact) mass is 337 g/mol. The van der Waals surface area contributed by atoms with Gasteiger partial charge in [-0.25, -0.2) is 4.39 Å². The minimum atomic E-state index is -0.219. The maximum absolute atomic E-state index is 13.8. The zero-order valence-electron chi connectivity index (χ0n) is 8.95. The van der Waals surface area contributed by atoms with Gasteiger partial charge in [0.1, 0.15) is 5.82 Å². The fourth-order valence-corrected chi connectivity index (χ4v) is 2.07. The fourth-order valence-electron chi connectivity index (χ4n) is 1.60. The first-order valence-corrected chi connectivity index (χ1v) is 6.62. The van der Waals surface area contributed by atoms with E-state index < -0.39 is 0 Å². The standard InChI is InChI=1S/C14H9FIN/c15-14-7-11(8-16)3-6-13(14)12-4-1-10(9-17)2-5-12/h1-7H,8H2. The number of rotatable bonds is 2. The SMILES string of the molecule is N#Cc1ccc(-c2ccc(CI)cc2F)cc1. The highest BCUT2D eigenvalue weighted by Crippen LogP contribution is 2.24. The van der Waals surface area contributed by atoms with Gasteiger partial charge in [-0.15, -0.1) is 0 Å². The molecule has 0 unspecified atom stereocenters. The van der Waals surface area contributed by atoms with Gasteiger partial charge in [0.15, 0.2) is 0 Å². The summed E-state index contributed by atoms with van der Waals surface area (Å²) in [5, 5.41) is 8.70.